The van der Waals surface area contributed by atoms with Crippen LogP contribution in [0, 0.1) is 11.6 Å². The normalized spacial score (nSPS) is 10.8. The first kappa shape index (κ1) is 25.4. The van der Waals surface area contributed by atoms with Gasteiger partial charge in [-0.25, -0.2) is 13.6 Å². The largest absolute Gasteiger partial charge is 0.508 e. The second-order valence-electron chi connectivity index (χ2n) is 8.03. The van der Waals surface area contributed by atoms with Gasteiger partial charge in [0.2, 0.25) is 5.43 Å². The van der Waals surface area contributed by atoms with Crippen LogP contribution in [0.2, 0.25) is 0 Å². The van der Waals surface area contributed by atoms with Crippen LogP contribution < -0.4 is 15.1 Å². The number of nitrogens with zero attached hydrogens (tertiary/aromatic N) is 2. The van der Waals surface area contributed by atoms with E-state index in [1.165, 1.54) is 55.3 Å². The molecule has 10 heteroatoms. The molecule has 0 unspecified atom stereocenters. The lowest BCUT2D eigenvalue weighted by Crippen LogP contribution is -2.35. The van der Waals surface area contributed by atoms with Gasteiger partial charge in [0, 0.05) is 42.0 Å². The molecular formula is C27H22F2N2O6. The number of phenols is 1. The van der Waals surface area contributed by atoms with Crippen molar-refractivity contribution >= 4 is 28.5 Å². The standard InChI is InChI=1S/C27H22F2N2O6/c1-4-30(19-10-16(28)9-17(29)11-19)26(34)23-14-31(24-13-20(32)5-6-22(24)25(23)33)18-7-15(27(35)37-3)8-21(12-18)36-2/h5-14,32H,4H2,1-3H3. The van der Waals surface area contributed by atoms with Gasteiger partial charge >= 0.3 is 5.97 Å². The van der Waals surface area contributed by atoms with Gasteiger partial charge < -0.3 is 24.0 Å². The third kappa shape index (κ3) is 4.86. The molecule has 190 valence electrons. The van der Waals surface area contributed by atoms with Gasteiger partial charge in [0.15, 0.2) is 0 Å². The molecule has 0 saturated carbocycles. The third-order valence-electron chi connectivity index (χ3n) is 5.77. The molecule has 4 aromatic rings. The van der Waals surface area contributed by atoms with E-state index in [1.807, 2.05) is 0 Å². The Morgan fingerprint density at radius 1 is 1.00 bits per heavy atom. The Hall–Kier alpha value is -4.73. The third-order valence-corrected chi connectivity index (χ3v) is 5.77. The number of halogens is 2. The maximum absolute atomic E-state index is 13.9. The van der Waals surface area contributed by atoms with Crippen molar-refractivity contribution in [2.75, 3.05) is 25.7 Å². The maximum atomic E-state index is 13.9. The Balaban J connectivity index is 1.99. The number of phenolic OH excluding ortho intramolecular Hbond substituents is 1. The molecule has 0 bridgehead atoms. The predicted molar refractivity (Wildman–Crippen MR) is 133 cm³/mol. The number of hydrogen-bond acceptors (Lipinski definition) is 6. The highest BCUT2D eigenvalue weighted by molar-refractivity contribution is 6.07. The van der Waals surface area contributed by atoms with Crippen LogP contribution in [0.4, 0.5) is 14.5 Å². The molecule has 3 aromatic carbocycles. The van der Waals surface area contributed by atoms with Crippen LogP contribution in [0.5, 0.6) is 11.5 Å². The molecule has 0 saturated heterocycles. The minimum atomic E-state index is -0.876. The maximum Gasteiger partial charge on any atom is 0.338 e. The summed E-state index contributed by atoms with van der Waals surface area (Å²) in [5.74, 6) is -3.03. The molecule has 0 aliphatic carbocycles. The number of methoxy groups -OCH3 is 2. The van der Waals surface area contributed by atoms with Crippen LogP contribution in [-0.2, 0) is 4.74 Å². The van der Waals surface area contributed by atoms with Crippen molar-refractivity contribution in [3.8, 4) is 17.2 Å². The Morgan fingerprint density at radius 2 is 1.70 bits per heavy atom. The Bertz CT molecular complexity index is 1580. The number of fused-ring (bicyclic) bond motifs is 1. The van der Waals surface area contributed by atoms with Crippen LogP contribution in [0.3, 0.4) is 0 Å². The van der Waals surface area contributed by atoms with Crippen LogP contribution in [-0.4, -0.2) is 42.3 Å². The first-order valence-electron chi connectivity index (χ1n) is 11.1. The van der Waals surface area contributed by atoms with Gasteiger partial charge in [-0.05, 0) is 43.3 Å². The fraction of sp³-hybridized carbons (Fsp3) is 0.148. The topological polar surface area (TPSA) is 98.1 Å². The molecular weight excluding hydrogens is 486 g/mol. The number of amides is 1. The smallest absolute Gasteiger partial charge is 0.338 e. The lowest BCUT2D eigenvalue weighted by molar-refractivity contribution is 0.0600. The summed E-state index contributed by atoms with van der Waals surface area (Å²) in [5.41, 5.74) is -0.303. The van der Waals surface area contributed by atoms with Gasteiger partial charge in [-0.2, -0.15) is 0 Å². The summed E-state index contributed by atoms with van der Waals surface area (Å²) >= 11 is 0. The second kappa shape index (κ2) is 10.1. The Morgan fingerprint density at radius 3 is 2.32 bits per heavy atom. The van der Waals surface area contributed by atoms with E-state index in [9.17, 15) is 28.3 Å². The number of hydrogen-bond donors (Lipinski definition) is 1. The number of aromatic hydroxyl groups is 1. The number of pyridine rings is 1. The number of benzene rings is 3. The van der Waals surface area contributed by atoms with Crippen molar-refractivity contribution in [2.24, 2.45) is 0 Å². The molecule has 0 radical (unpaired) electrons. The van der Waals surface area contributed by atoms with Crippen molar-refractivity contribution in [3.63, 3.8) is 0 Å². The Kier molecular flexibility index (Phi) is 6.92. The molecule has 1 amide bonds. The highest BCUT2D eigenvalue weighted by Crippen LogP contribution is 2.27. The van der Waals surface area contributed by atoms with Crippen molar-refractivity contribution in [2.45, 2.75) is 6.92 Å². The van der Waals surface area contributed by atoms with E-state index < -0.39 is 28.9 Å². The molecule has 0 aliphatic rings. The van der Waals surface area contributed by atoms with Crippen LogP contribution in [0.1, 0.15) is 27.6 Å². The molecule has 1 aromatic heterocycles. The van der Waals surface area contributed by atoms with Crippen LogP contribution >= 0.6 is 0 Å². The zero-order valence-electron chi connectivity index (χ0n) is 20.1. The molecule has 1 heterocycles. The van der Waals surface area contributed by atoms with E-state index in [4.69, 9.17) is 9.47 Å². The number of carbonyl (C=O) groups excluding carboxylic acids is 2. The van der Waals surface area contributed by atoms with Crippen molar-refractivity contribution < 1.29 is 33.0 Å². The molecule has 0 aliphatic heterocycles. The molecule has 0 atom stereocenters. The fourth-order valence-electron chi connectivity index (χ4n) is 4.04. The van der Waals surface area contributed by atoms with Gasteiger partial charge in [0.25, 0.3) is 5.91 Å². The van der Waals surface area contributed by atoms with Crippen LogP contribution in [0.25, 0.3) is 16.6 Å². The summed E-state index contributed by atoms with van der Waals surface area (Å²) in [6.07, 6.45) is 1.25. The van der Waals surface area contributed by atoms with Gasteiger partial charge in [0.1, 0.15) is 28.7 Å². The van der Waals surface area contributed by atoms with Gasteiger partial charge in [-0.1, -0.05) is 0 Å². The summed E-state index contributed by atoms with van der Waals surface area (Å²) in [4.78, 5) is 40.3. The van der Waals surface area contributed by atoms with Crippen molar-refractivity contribution in [1.29, 1.82) is 0 Å². The second-order valence-corrected chi connectivity index (χ2v) is 8.03. The molecule has 8 nitrogen and oxygen atoms in total. The summed E-state index contributed by atoms with van der Waals surface area (Å²) in [5, 5.41) is 10.2. The lowest BCUT2D eigenvalue weighted by atomic mass is 10.1. The molecule has 0 fully saturated rings. The quantitative estimate of drug-likeness (QED) is 0.387. The van der Waals surface area contributed by atoms with Crippen LogP contribution in [0.15, 0.2) is 65.6 Å². The average molecular weight is 508 g/mol. The minimum absolute atomic E-state index is 0.0143. The predicted octanol–water partition coefficient (Wildman–Crippen LogP) is 4.44. The van der Waals surface area contributed by atoms with E-state index in [2.05, 4.69) is 0 Å². The number of ether oxygens (including phenoxy) is 2. The SMILES string of the molecule is CCN(C(=O)c1cn(-c2cc(OC)cc(C(=O)OC)c2)c2cc(O)ccc2c1=O)c1cc(F)cc(F)c1. The average Bonchev–Trinajstić information content (AvgIpc) is 2.87. The minimum Gasteiger partial charge on any atom is -0.508 e. The summed E-state index contributed by atoms with van der Waals surface area (Å²) in [6.45, 7) is 1.61. The summed E-state index contributed by atoms with van der Waals surface area (Å²) in [7, 11) is 2.63. The van der Waals surface area contributed by atoms with Crippen molar-refractivity contribution in [1.82, 2.24) is 4.57 Å². The zero-order valence-corrected chi connectivity index (χ0v) is 20.1. The van der Waals surface area contributed by atoms with Crippen molar-refractivity contribution in [3.05, 3.63) is 93.8 Å². The number of anilines is 1. The Labute approximate surface area is 209 Å². The van der Waals surface area contributed by atoms with E-state index >= 15 is 0 Å². The monoisotopic (exact) mass is 508 g/mol. The highest BCUT2D eigenvalue weighted by Gasteiger charge is 2.24. The van der Waals surface area contributed by atoms with Gasteiger partial charge in [-0.15, -0.1) is 0 Å². The molecule has 37 heavy (non-hydrogen) atoms. The number of carbonyl (C=O) groups is 2. The fourth-order valence-corrected chi connectivity index (χ4v) is 4.04. The zero-order chi connectivity index (χ0) is 26.9. The molecule has 0 spiro atoms. The van der Waals surface area contributed by atoms with E-state index in [1.54, 1.807) is 13.0 Å². The lowest BCUT2D eigenvalue weighted by Gasteiger charge is -2.22. The van der Waals surface area contributed by atoms with E-state index in [0.717, 1.165) is 17.0 Å². The summed E-state index contributed by atoms with van der Waals surface area (Å²) in [6, 6.07) is 11.2. The highest BCUT2D eigenvalue weighted by atomic mass is 19.1. The first-order chi connectivity index (χ1) is 17.7. The van der Waals surface area contributed by atoms with Gasteiger partial charge in [-0.3, -0.25) is 9.59 Å². The van der Waals surface area contributed by atoms with Gasteiger partial charge in [0.05, 0.1) is 31.0 Å². The number of rotatable bonds is 6. The molecule has 1 N–H and O–H groups in total. The first-order valence-corrected chi connectivity index (χ1v) is 11.1. The summed E-state index contributed by atoms with van der Waals surface area (Å²) < 4.78 is 39.3. The number of esters is 1. The molecule has 4 rings (SSSR count). The van der Waals surface area contributed by atoms with E-state index in [0.29, 0.717) is 17.5 Å². The number of aromatic nitrogens is 1. The van der Waals surface area contributed by atoms with E-state index in [-0.39, 0.29) is 40.0 Å².